The zero-order valence-electron chi connectivity index (χ0n) is 2.99. The fourth-order valence-corrected chi connectivity index (χ4v) is 0. The maximum absolute atomic E-state index is 5.03. The minimum absolute atomic E-state index is 0. The van der Waals surface area contributed by atoms with Crippen molar-refractivity contribution in [1.29, 1.82) is 0 Å². The first-order valence-corrected chi connectivity index (χ1v) is 1.62. The van der Waals surface area contributed by atoms with Gasteiger partial charge in [0, 0.05) is 0 Å². The van der Waals surface area contributed by atoms with Gasteiger partial charge in [-0.1, -0.05) is 14.4 Å². The van der Waals surface area contributed by atoms with Gasteiger partial charge >= 0.3 is 0 Å². The van der Waals surface area contributed by atoms with Crippen LogP contribution in [0.5, 0.6) is 0 Å². The minimum atomic E-state index is 0. The molecule has 1 heteroatoms. The maximum Gasteiger partial charge on any atom is -0.00799 e. The Morgan fingerprint density at radius 2 is 1.80 bits per heavy atom. The fourth-order valence-electron chi connectivity index (χ4n) is 0. The second kappa shape index (κ2) is 9.03. The van der Waals surface area contributed by atoms with E-state index in [4.69, 9.17) is 5.73 Å². The van der Waals surface area contributed by atoms with Gasteiger partial charge in [-0.25, -0.2) is 0 Å². The number of rotatable bonds is 1. The van der Waals surface area contributed by atoms with Crippen molar-refractivity contribution in [1.82, 2.24) is 0 Å². The predicted molar refractivity (Wildman–Crippen MR) is 26.1 cm³/mol. The summed E-state index contributed by atoms with van der Waals surface area (Å²) in [6.07, 6.45) is 1.10. The van der Waals surface area contributed by atoms with Gasteiger partial charge in [0.15, 0.2) is 0 Å². The van der Waals surface area contributed by atoms with Crippen molar-refractivity contribution in [3.63, 3.8) is 0 Å². The molecule has 0 saturated carbocycles. The third-order valence-corrected chi connectivity index (χ3v) is 0.289. The lowest BCUT2D eigenvalue weighted by Crippen LogP contribution is -1.93. The molecule has 2 N–H and O–H groups in total. The molecular weight excluding hydrogens is 62.1 g/mol. The van der Waals surface area contributed by atoms with Gasteiger partial charge < -0.3 is 5.73 Å². The molecule has 0 saturated heterocycles. The second-order valence-corrected chi connectivity index (χ2v) is 0.789. The molecule has 0 aromatic carbocycles. The molecule has 0 aliphatic carbocycles. The average Bonchev–Trinajstić information content (AvgIpc) is 1.37. The van der Waals surface area contributed by atoms with E-state index in [0.29, 0.717) is 0 Å². The van der Waals surface area contributed by atoms with Crippen molar-refractivity contribution < 1.29 is 0 Å². The first-order chi connectivity index (χ1) is 1.91. The van der Waals surface area contributed by atoms with Gasteiger partial charge in [0.1, 0.15) is 0 Å². The van der Waals surface area contributed by atoms with Crippen LogP contribution in [0.4, 0.5) is 0 Å². The molecule has 0 aliphatic heterocycles. The Morgan fingerprint density at radius 3 is 1.80 bits per heavy atom. The molecule has 0 amide bonds. The van der Waals surface area contributed by atoms with Crippen LogP contribution in [-0.4, -0.2) is 6.54 Å². The van der Waals surface area contributed by atoms with Crippen LogP contribution in [0, 0.1) is 0 Å². The molecule has 0 unspecified atom stereocenters. The first kappa shape index (κ1) is 8.88. The van der Waals surface area contributed by atoms with Gasteiger partial charge in [0.05, 0.1) is 0 Å². The highest BCUT2D eigenvalue weighted by molar-refractivity contribution is 4.19. The maximum atomic E-state index is 5.03. The van der Waals surface area contributed by atoms with Crippen molar-refractivity contribution in [3.05, 3.63) is 0 Å². The number of hydrogen-bond donors (Lipinski definition) is 1. The van der Waals surface area contributed by atoms with Gasteiger partial charge in [0.25, 0.3) is 0 Å². The molecule has 34 valence electrons. The first-order valence-electron chi connectivity index (χ1n) is 1.62. The molecular formula is C4H13N. The van der Waals surface area contributed by atoms with Crippen LogP contribution in [0.1, 0.15) is 20.8 Å². The lowest BCUT2D eigenvalue weighted by Gasteiger charge is -1.70. The quantitative estimate of drug-likeness (QED) is 0.494. The van der Waals surface area contributed by atoms with Crippen molar-refractivity contribution in [2.75, 3.05) is 6.54 Å². The van der Waals surface area contributed by atoms with E-state index < -0.39 is 0 Å². The van der Waals surface area contributed by atoms with Crippen molar-refractivity contribution in [3.8, 4) is 0 Å². The molecule has 0 radical (unpaired) electrons. The van der Waals surface area contributed by atoms with Crippen molar-refractivity contribution in [2.45, 2.75) is 20.8 Å². The average molecular weight is 75.2 g/mol. The monoisotopic (exact) mass is 75.1 g/mol. The molecule has 0 bridgehead atoms. The molecule has 0 spiro atoms. The van der Waals surface area contributed by atoms with Crippen LogP contribution < -0.4 is 5.73 Å². The lowest BCUT2D eigenvalue weighted by molar-refractivity contribution is 0.932. The van der Waals surface area contributed by atoms with Crippen LogP contribution in [0.3, 0.4) is 0 Å². The highest BCUT2D eigenvalue weighted by atomic mass is 14.5. The summed E-state index contributed by atoms with van der Waals surface area (Å²) in [4.78, 5) is 0. The summed E-state index contributed by atoms with van der Waals surface area (Å²) < 4.78 is 0. The predicted octanol–water partition coefficient (Wildman–Crippen LogP) is 0.991. The normalized spacial score (nSPS) is 6.00. The molecule has 1 nitrogen and oxygen atoms in total. The highest BCUT2D eigenvalue weighted by Gasteiger charge is 1.55. The fraction of sp³-hybridized carbons (Fsp3) is 1.00. The van der Waals surface area contributed by atoms with Gasteiger partial charge in [0.2, 0.25) is 0 Å². The van der Waals surface area contributed by atoms with Crippen LogP contribution in [0.2, 0.25) is 0 Å². The number of nitrogens with two attached hydrogens (primary N) is 1. The van der Waals surface area contributed by atoms with E-state index in [9.17, 15) is 0 Å². The van der Waals surface area contributed by atoms with Gasteiger partial charge in [-0.2, -0.15) is 0 Å². The van der Waals surface area contributed by atoms with E-state index in [1.807, 2.05) is 0 Å². The van der Waals surface area contributed by atoms with Gasteiger partial charge in [-0.05, 0) is 13.0 Å². The number of hydrogen-bond acceptors (Lipinski definition) is 1. The van der Waals surface area contributed by atoms with E-state index in [1.54, 1.807) is 0 Å². The van der Waals surface area contributed by atoms with Crippen molar-refractivity contribution >= 4 is 0 Å². The summed E-state index contributed by atoms with van der Waals surface area (Å²) in [5.41, 5.74) is 5.03. The molecule has 0 fully saturated rings. The highest BCUT2D eigenvalue weighted by Crippen LogP contribution is 1.57. The molecule has 0 rings (SSSR count). The largest absolute Gasteiger partial charge is 0.330 e. The Balaban J connectivity index is 0. The summed E-state index contributed by atoms with van der Waals surface area (Å²) in [5.74, 6) is 0. The summed E-state index contributed by atoms with van der Waals surface area (Å²) in [6, 6.07) is 0. The molecule has 0 heterocycles. The third-order valence-electron chi connectivity index (χ3n) is 0.289. The Labute approximate surface area is 34.2 Å². The topological polar surface area (TPSA) is 26.0 Å². The van der Waals surface area contributed by atoms with Gasteiger partial charge in [-0.3, -0.25) is 0 Å². The minimum Gasteiger partial charge on any atom is -0.330 e. The van der Waals surface area contributed by atoms with E-state index >= 15 is 0 Å². The standard InChI is InChI=1S/C3H9N.CH4/c1-2-3-4;/h2-4H2,1H3;1H4. The second-order valence-electron chi connectivity index (χ2n) is 0.789. The van der Waals surface area contributed by atoms with Crippen LogP contribution >= 0.6 is 0 Å². The SMILES string of the molecule is C.CCCN. The zero-order chi connectivity index (χ0) is 3.41. The Morgan fingerprint density at radius 1 is 1.60 bits per heavy atom. The molecule has 0 aliphatic rings. The molecule has 0 aromatic heterocycles. The smallest absolute Gasteiger partial charge is 0.00799 e. The van der Waals surface area contributed by atoms with E-state index in [2.05, 4.69) is 6.92 Å². The summed E-state index contributed by atoms with van der Waals surface area (Å²) in [6.45, 7) is 2.88. The van der Waals surface area contributed by atoms with Crippen LogP contribution in [0.15, 0.2) is 0 Å². The third kappa shape index (κ3) is 16.5. The summed E-state index contributed by atoms with van der Waals surface area (Å²) >= 11 is 0. The summed E-state index contributed by atoms with van der Waals surface area (Å²) in [7, 11) is 0. The molecule has 0 atom stereocenters. The van der Waals surface area contributed by atoms with Crippen LogP contribution in [0.25, 0.3) is 0 Å². The Kier molecular flexibility index (Phi) is 16.0. The van der Waals surface area contributed by atoms with Gasteiger partial charge in [-0.15, -0.1) is 0 Å². The molecule has 5 heavy (non-hydrogen) atoms. The van der Waals surface area contributed by atoms with Crippen molar-refractivity contribution in [2.24, 2.45) is 5.73 Å². The van der Waals surface area contributed by atoms with E-state index in [1.165, 1.54) is 0 Å². The Hall–Kier alpha value is -0.0400. The lowest BCUT2D eigenvalue weighted by atomic mass is 10.5. The molecule has 0 aromatic rings. The van der Waals surface area contributed by atoms with Crippen LogP contribution in [-0.2, 0) is 0 Å². The van der Waals surface area contributed by atoms with E-state index in [0.717, 1.165) is 13.0 Å². The zero-order valence-corrected chi connectivity index (χ0v) is 2.99. The van der Waals surface area contributed by atoms with E-state index in [-0.39, 0.29) is 7.43 Å². The summed E-state index contributed by atoms with van der Waals surface area (Å²) in [5, 5.41) is 0. The Bertz CT molecular complexity index is 5.61.